The van der Waals surface area contributed by atoms with Crippen molar-refractivity contribution in [2.75, 3.05) is 0 Å². The largest absolute Gasteiger partial charge is 2.00 e. The summed E-state index contributed by atoms with van der Waals surface area (Å²) in [5, 5.41) is 0. The van der Waals surface area contributed by atoms with Gasteiger partial charge in [-0.2, -0.15) is 0 Å². The Hall–Kier alpha value is 3.49. The molecule has 0 unspecified atom stereocenters. The van der Waals surface area contributed by atoms with E-state index in [0.717, 1.165) is 0 Å². The maximum absolute atomic E-state index is 0. The van der Waals surface area contributed by atoms with Crippen LogP contribution in [0.4, 0.5) is 0 Å². The van der Waals surface area contributed by atoms with Crippen molar-refractivity contribution in [2.45, 2.75) is 0 Å². The van der Waals surface area contributed by atoms with E-state index in [4.69, 9.17) is 0 Å². The summed E-state index contributed by atoms with van der Waals surface area (Å²) in [4.78, 5) is 0. The van der Waals surface area contributed by atoms with Crippen LogP contribution in [0.15, 0.2) is 0 Å². The van der Waals surface area contributed by atoms with Crippen molar-refractivity contribution < 1.29 is 26.0 Å². The molecule has 0 rings (SSSR count). The molecule has 6 heteroatoms. The Labute approximate surface area is 122 Å². The van der Waals surface area contributed by atoms with Crippen LogP contribution in [0.3, 0.4) is 0 Å². The smallest absolute Gasteiger partial charge is 1.00 e. The molecule has 0 aliphatic rings. The summed E-state index contributed by atoms with van der Waals surface area (Å²) in [5.41, 5.74) is 0. The van der Waals surface area contributed by atoms with Crippen LogP contribution in [0.1, 0.15) is 7.13 Å². The molecule has 0 radical (unpaired) electrons. The van der Waals surface area contributed by atoms with Gasteiger partial charge in [0.2, 0.25) is 0 Å². The van der Waals surface area contributed by atoms with Crippen LogP contribution in [0.25, 0.3) is 0 Å². The molecule has 0 amide bonds. The second kappa shape index (κ2) is 39.1. The molecule has 0 nitrogen and oxygen atoms in total. The average molecular weight is 186 g/mol. The Bertz CT molecular complexity index is 21.7. The van der Waals surface area contributed by atoms with Gasteiger partial charge in [0.05, 0.1) is 0 Å². The fourth-order valence-electron chi connectivity index (χ4n) is 0. The van der Waals surface area contributed by atoms with E-state index in [9.17, 15) is 0 Å². The molecule has 0 saturated carbocycles. The SMILES string of the molecule is Cl.Cl.Cl.[Ca+2].[H-].[H-].[H-].[H-].[H-].[Li+].[Mg+2]. The Morgan fingerprint density at radius 3 is 0.833 bits per heavy atom. The molecule has 0 aromatic rings. The van der Waals surface area contributed by atoms with Crippen molar-refractivity contribution in [3.05, 3.63) is 0 Å². The van der Waals surface area contributed by atoms with E-state index >= 15 is 0 Å². The van der Waals surface area contributed by atoms with E-state index in [1.807, 2.05) is 0 Å². The van der Waals surface area contributed by atoms with Crippen molar-refractivity contribution in [3.63, 3.8) is 0 Å². The minimum Gasteiger partial charge on any atom is -1.00 e. The Balaban J connectivity index is 0. The summed E-state index contributed by atoms with van der Waals surface area (Å²) in [7, 11) is 0. The van der Waals surface area contributed by atoms with Gasteiger partial charge in [0.15, 0.2) is 0 Å². The third kappa shape index (κ3) is 25.9. The molecule has 6 heavy (non-hydrogen) atoms. The molecule has 34 valence electrons. The molecule has 0 aliphatic carbocycles. The van der Waals surface area contributed by atoms with E-state index in [-0.39, 0.29) is 124 Å². The van der Waals surface area contributed by atoms with Gasteiger partial charge in [-0.1, -0.05) is 0 Å². The Kier molecular flexibility index (Phi) is 365. The first-order valence-electron chi connectivity index (χ1n) is 0. The molecular formula is H8CaCl3LiMg. The van der Waals surface area contributed by atoms with Gasteiger partial charge in [-0.25, -0.2) is 0 Å². The zero-order valence-electron chi connectivity index (χ0n) is 8.64. The molecule has 0 aromatic heterocycles. The second-order valence-corrected chi connectivity index (χ2v) is 0. The molecular weight excluding hydrogens is 178 g/mol. The zero-order valence-corrected chi connectivity index (χ0v) is 9.71. The fraction of sp³-hybridized carbons (Fsp3) is 0. The van der Waals surface area contributed by atoms with Crippen molar-refractivity contribution in [1.29, 1.82) is 0 Å². The summed E-state index contributed by atoms with van der Waals surface area (Å²) in [6.45, 7) is 0. The van der Waals surface area contributed by atoms with E-state index in [1.165, 1.54) is 0 Å². The predicted octanol–water partition coefficient (Wildman–Crippen LogP) is -1.93. The fourth-order valence-corrected chi connectivity index (χ4v) is 0. The minimum absolute atomic E-state index is 0. The van der Waals surface area contributed by atoms with Gasteiger partial charge in [-0.3, -0.25) is 0 Å². The summed E-state index contributed by atoms with van der Waals surface area (Å²) >= 11 is 0. The van der Waals surface area contributed by atoms with Gasteiger partial charge in [0.1, 0.15) is 0 Å². The molecule has 0 aromatic carbocycles. The normalized spacial score (nSPS) is 0. The number of rotatable bonds is 0. The van der Waals surface area contributed by atoms with Gasteiger partial charge in [-0.05, 0) is 0 Å². The summed E-state index contributed by atoms with van der Waals surface area (Å²) in [6, 6.07) is 0. The van der Waals surface area contributed by atoms with Crippen LogP contribution in [0.5, 0.6) is 0 Å². The first-order chi connectivity index (χ1) is 0. The van der Waals surface area contributed by atoms with Crippen molar-refractivity contribution in [3.8, 4) is 0 Å². The van der Waals surface area contributed by atoms with E-state index in [1.54, 1.807) is 0 Å². The van der Waals surface area contributed by atoms with Crippen LogP contribution >= 0.6 is 37.2 Å². The van der Waals surface area contributed by atoms with Gasteiger partial charge in [0.25, 0.3) is 0 Å². The number of hydrogen-bond donors (Lipinski definition) is 0. The first kappa shape index (κ1) is 56.1. The molecule has 0 atom stereocenters. The van der Waals surface area contributed by atoms with Gasteiger partial charge in [0, 0.05) is 0 Å². The molecule has 0 fully saturated rings. The Morgan fingerprint density at radius 2 is 0.833 bits per heavy atom. The van der Waals surface area contributed by atoms with Crippen molar-refractivity contribution in [2.24, 2.45) is 0 Å². The van der Waals surface area contributed by atoms with Gasteiger partial charge in [-0.15, -0.1) is 37.2 Å². The minimum atomic E-state index is 0. The van der Waals surface area contributed by atoms with Gasteiger partial charge < -0.3 is 7.13 Å². The van der Waals surface area contributed by atoms with Crippen LogP contribution in [-0.4, -0.2) is 60.8 Å². The van der Waals surface area contributed by atoms with Crippen molar-refractivity contribution in [1.82, 2.24) is 0 Å². The standard InChI is InChI=1S/Ca.3ClH.Li.Mg.5H/h;3*1H;;;;;;;/q+2;;;;+1;+2;5*-1. The molecule has 0 spiro atoms. The molecule has 0 N–H and O–H groups in total. The van der Waals surface area contributed by atoms with Crippen LogP contribution in [-0.2, 0) is 0 Å². The summed E-state index contributed by atoms with van der Waals surface area (Å²) in [5.74, 6) is 0. The second-order valence-electron chi connectivity index (χ2n) is 0. The molecule has 0 bridgehead atoms. The quantitative estimate of drug-likeness (QED) is 0.386. The molecule has 0 heterocycles. The monoisotopic (exact) mass is 184 g/mol. The number of hydrogen-bond acceptors (Lipinski definition) is 0. The Morgan fingerprint density at radius 1 is 0.833 bits per heavy atom. The van der Waals surface area contributed by atoms with Crippen molar-refractivity contribution >= 4 is 98.0 Å². The summed E-state index contributed by atoms with van der Waals surface area (Å²) < 4.78 is 0. The third-order valence-electron chi connectivity index (χ3n) is 0. The maximum Gasteiger partial charge on any atom is 2.00 e. The third-order valence-corrected chi connectivity index (χ3v) is 0. The van der Waals surface area contributed by atoms with Crippen LogP contribution in [0.2, 0.25) is 0 Å². The first-order valence-corrected chi connectivity index (χ1v) is 0. The predicted molar refractivity (Wildman–Crippen MR) is 38.8 cm³/mol. The number of halogens is 3. The van der Waals surface area contributed by atoms with E-state index < -0.39 is 0 Å². The van der Waals surface area contributed by atoms with Gasteiger partial charge >= 0.3 is 79.7 Å². The van der Waals surface area contributed by atoms with Crippen LogP contribution < -0.4 is 18.9 Å². The van der Waals surface area contributed by atoms with E-state index in [2.05, 4.69) is 0 Å². The topological polar surface area (TPSA) is 0 Å². The van der Waals surface area contributed by atoms with Crippen LogP contribution in [0, 0.1) is 0 Å². The zero-order chi connectivity index (χ0) is 0. The summed E-state index contributed by atoms with van der Waals surface area (Å²) in [6.07, 6.45) is 0. The maximum atomic E-state index is 0. The average Bonchev–Trinajstić information content (AvgIpc) is 0. The molecule has 0 aliphatic heterocycles. The molecule has 0 saturated heterocycles. The van der Waals surface area contributed by atoms with E-state index in [0.29, 0.717) is 0 Å².